The van der Waals surface area contributed by atoms with E-state index in [4.69, 9.17) is 0 Å². The van der Waals surface area contributed by atoms with Gasteiger partial charge in [-0.1, -0.05) is 12.1 Å². The molecule has 1 aromatic carbocycles. The van der Waals surface area contributed by atoms with Crippen molar-refractivity contribution in [3.05, 3.63) is 51.7 Å². The molecule has 0 fully saturated rings. The molecule has 1 unspecified atom stereocenters. The summed E-state index contributed by atoms with van der Waals surface area (Å²) in [5, 5.41) is 12.8. The molecule has 1 heterocycles. The first kappa shape index (κ1) is 12.2. The summed E-state index contributed by atoms with van der Waals surface area (Å²) in [7, 11) is 0. The molecule has 2 nitrogen and oxygen atoms in total. The molecule has 0 amide bonds. The molecule has 0 aliphatic heterocycles. The number of thiazole rings is 1. The third kappa shape index (κ3) is 3.61. The fraction of sp³-hybridized carbons (Fsp3) is 0.308. The Labute approximate surface area is 104 Å². The molecule has 0 aliphatic rings. The number of halogens is 1. The molecular weight excluding hydrogens is 237 g/mol. The molecular formula is C13H14FNOS. The lowest BCUT2D eigenvalue weighted by Crippen LogP contribution is -2.13. The van der Waals surface area contributed by atoms with Crippen molar-refractivity contribution in [3.8, 4) is 0 Å². The van der Waals surface area contributed by atoms with Gasteiger partial charge in [0.2, 0.25) is 0 Å². The molecule has 2 rings (SSSR count). The minimum absolute atomic E-state index is 0.264. The van der Waals surface area contributed by atoms with Gasteiger partial charge in [-0.2, -0.15) is 0 Å². The van der Waals surface area contributed by atoms with E-state index in [9.17, 15) is 9.50 Å². The van der Waals surface area contributed by atoms with Crippen molar-refractivity contribution < 1.29 is 9.50 Å². The molecule has 0 aliphatic carbocycles. The van der Waals surface area contributed by atoms with Crippen molar-refractivity contribution in [3.63, 3.8) is 0 Å². The van der Waals surface area contributed by atoms with Crippen LogP contribution in [-0.4, -0.2) is 16.2 Å². The average molecular weight is 251 g/mol. The first-order valence-electron chi connectivity index (χ1n) is 5.47. The van der Waals surface area contributed by atoms with Crippen molar-refractivity contribution >= 4 is 11.3 Å². The molecule has 0 saturated carbocycles. The molecule has 90 valence electrons. The van der Waals surface area contributed by atoms with E-state index in [1.165, 1.54) is 12.1 Å². The Morgan fingerprint density at radius 3 is 2.88 bits per heavy atom. The van der Waals surface area contributed by atoms with Crippen LogP contribution >= 0.6 is 11.3 Å². The average Bonchev–Trinajstić information content (AvgIpc) is 2.63. The summed E-state index contributed by atoms with van der Waals surface area (Å²) in [5.74, 6) is -0.264. The molecule has 0 bridgehead atoms. The van der Waals surface area contributed by atoms with E-state index in [-0.39, 0.29) is 5.82 Å². The number of rotatable bonds is 4. The molecule has 1 aromatic heterocycles. The third-order valence-corrected chi connectivity index (χ3v) is 3.43. The second-order valence-corrected chi connectivity index (χ2v) is 5.02. The molecule has 0 spiro atoms. The van der Waals surface area contributed by atoms with Crippen molar-refractivity contribution in [2.24, 2.45) is 0 Å². The van der Waals surface area contributed by atoms with Crippen LogP contribution in [0.15, 0.2) is 29.6 Å². The second kappa shape index (κ2) is 5.38. The van der Waals surface area contributed by atoms with Gasteiger partial charge in [0.05, 0.1) is 11.1 Å². The van der Waals surface area contributed by atoms with Gasteiger partial charge >= 0.3 is 0 Å². The lowest BCUT2D eigenvalue weighted by atomic mass is 10.1. The molecule has 1 N–H and O–H groups in total. The van der Waals surface area contributed by atoms with Crippen LogP contribution < -0.4 is 0 Å². The van der Waals surface area contributed by atoms with E-state index in [2.05, 4.69) is 4.98 Å². The van der Waals surface area contributed by atoms with Crippen LogP contribution in [0.4, 0.5) is 4.39 Å². The second-order valence-electron chi connectivity index (χ2n) is 4.07. The number of aliphatic hydroxyl groups is 1. The number of aryl methyl sites for hydroxylation is 1. The van der Waals surface area contributed by atoms with Crippen LogP contribution in [0, 0.1) is 12.7 Å². The Kier molecular flexibility index (Phi) is 3.86. The number of aliphatic hydroxyl groups excluding tert-OH is 1. The van der Waals surface area contributed by atoms with Crippen molar-refractivity contribution in [2.75, 3.05) is 0 Å². The van der Waals surface area contributed by atoms with Crippen LogP contribution in [-0.2, 0) is 12.8 Å². The maximum absolute atomic E-state index is 13.0. The monoisotopic (exact) mass is 251 g/mol. The highest BCUT2D eigenvalue weighted by Crippen LogP contribution is 2.14. The number of hydrogen-bond donors (Lipinski definition) is 1. The number of benzene rings is 1. The van der Waals surface area contributed by atoms with Crippen LogP contribution in [0.1, 0.15) is 16.3 Å². The maximum Gasteiger partial charge on any atom is 0.123 e. The van der Waals surface area contributed by atoms with Gasteiger partial charge in [0.15, 0.2) is 0 Å². The van der Waals surface area contributed by atoms with E-state index >= 15 is 0 Å². The zero-order valence-electron chi connectivity index (χ0n) is 9.56. The highest BCUT2D eigenvalue weighted by atomic mass is 32.1. The smallest absolute Gasteiger partial charge is 0.123 e. The Morgan fingerprint density at radius 2 is 2.24 bits per heavy atom. The molecule has 17 heavy (non-hydrogen) atoms. The molecule has 0 saturated heterocycles. The quantitative estimate of drug-likeness (QED) is 0.906. The predicted octanol–water partition coefficient (Wildman–Crippen LogP) is 2.74. The number of hydrogen-bond acceptors (Lipinski definition) is 3. The van der Waals surface area contributed by atoms with E-state index in [0.717, 1.165) is 16.3 Å². The zero-order chi connectivity index (χ0) is 12.3. The topological polar surface area (TPSA) is 33.1 Å². The van der Waals surface area contributed by atoms with Crippen LogP contribution in [0.5, 0.6) is 0 Å². The molecule has 1 atom stereocenters. The molecule has 0 radical (unpaired) electrons. The van der Waals surface area contributed by atoms with Gasteiger partial charge in [-0.15, -0.1) is 11.3 Å². The summed E-state index contributed by atoms with van der Waals surface area (Å²) < 4.78 is 13.0. The third-order valence-electron chi connectivity index (χ3n) is 2.44. The van der Waals surface area contributed by atoms with E-state index in [1.807, 2.05) is 18.4 Å². The van der Waals surface area contributed by atoms with Gasteiger partial charge in [0.25, 0.3) is 0 Å². The fourth-order valence-corrected chi connectivity index (χ4v) is 2.55. The predicted molar refractivity (Wildman–Crippen MR) is 66.7 cm³/mol. The highest BCUT2D eigenvalue weighted by molar-refractivity contribution is 7.09. The van der Waals surface area contributed by atoms with Gasteiger partial charge < -0.3 is 5.11 Å². The standard InChI is InChI=1S/C13H14FNOS/c1-9-8-17-13(15-9)7-12(16)6-10-3-2-4-11(14)5-10/h2-5,8,12,16H,6-7H2,1H3. The maximum atomic E-state index is 13.0. The lowest BCUT2D eigenvalue weighted by Gasteiger charge is -2.08. The van der Waals surface area contributed by atoms with Gasteiger partial charge in [0, 0.05) is 17.5 Å². The summed E-state index contributed by atoms with van der Waals surface area (Å²) in [4.78, 5) is 4.29. The highest BCUT2D eigenvalue weighted by Gasteiger charge is 2.09. The van der Waals surface area contributed by atoms with Crippen molar-refractivity contribution in [1.82, 2.24) is 4.98 Å². The largest absolute Gasteiger partial charge is 0.392 e. The number of nitrogens with zero attached hydrogens (tertiary/aromatic N) is 1. The van der Waals surface area contributed by atoms with Crippen LogP contribution in [0.3, 0.4) is 0 Å². The number of aromatic nitrogens is 1. The minimum atomic E-state index is -0.512. The summed E-state index contributed by atoms with van der Waals surface area (Å²) in [6, 6.07) is 6.33. The Balaban J connectivity index is 1.95. The van der Waals surface area contributed by atoms with E-state index in [0.29, 0.717) is 12.8 Å². The Morgan fingerprint density at radius 1 is 1.41 bits per heavy atom. The lowest BCUT2D eigenvalue weighted by molar-refractivity contribution is 0.175. The Bertz CT molecular complexity index is 498. The van der Waals surface area contributed by atoms with Gasteiger partial charge in [-0.3, -0.25) is 0 Å². The van der Waals surface area contributed by atoms with Gasteiger partial charge in [-0.25, -0.2) is 9.37 Å². The Hall–Kier alpha value is -1.26. The minimum Gasteiger partial charge on any atom is -0.392 e. The SMILES string of the molecule is Cc1csc(CC(O)Cc2cccc(F)c2)n1. The normalized spacial score (nSPS) is 12.6. The summed E-state index contributed by atoms with van der Waals surface area (Å²) in [6.45, 7) is 1.93. The fourth-order valence-electron chi connectivity index (χ4n) is 1.71. The summed E-state index contributed by atoms with van der Waals surface area (Å²) in [6.07, 6.45) is 0.466. The zero-order valence-corrected chi connectivity index (χ0v) is 10.4. The van der Waals surface area contributed by atoms with Crippen molar-refractivity contribution in [2.45, 2.75) is 25.9 Å². The van der Waals surface area contributed by atoms with E-state index < -0.39 is 6.10 Å². The van der Waals surface area contributed by atoms with Crippen LogP contribution in [0.2, 0.25) is 0 Å². The molecule has 2 aromatic rings. The first-order valence-corrected chi connectivity index (χ1v) is 6.35. The summed E-state index contributed by atoms with van der Waals surface area (Å²) in [5.41, 5.74) is 1.79. The molecule has 4 heteroatoms. The summed E-state index contributed by atoms with van der Waals surface area (Å²) >= 11 is 1.55. The van der Waals surface area contributed by atoms with E-state index in [1.54, 1.807) is 17.4 Å². The van der Waals surface area contributed by atoms with Gasteiger partial charge in [0.1, 0.15) is 5.82 Å². The van der Waals surface area contributed by atoms with Crippen molar-refractivity contribution in [1.29, 1.82) is 0 Å². The van der Waals surface area contributed by atoms with Crippen LogP contribution in [0.25, 0.3) is 0 Å². The first-order chi connectivity index (χ1) is 8.13. The van der Waals surface area contributed by atoms with Gasteiger partial charge in [-0.05, 0) is 31.0 Å².